The molecule has 0 aromatic carbocycles. The molecule has 2 heterocycles. The molecule has 0 bridgehead atoms. The number of aromatic nitrogens is 2. The van der Waals surface area contributed by atoms with E-state index in [9.17, 15) is 4.79 Å². The second kappa shape index (κ2) is 3.56. The largest absolute Gasteiger partial charge is 0.396 e. The molecule has 5 nitrogen and oxygen atoms in total. The van der Waals surface area contributed by atoms with Gasteiger partial charge in [-0.2, -0.15) is 5.10 Å². The van der Waals surface area contributed by atoms with Crippen molar-refractivity contribution >= 4 is 11.6 Å². The number of rotatable bonds is 1. The van der Waals surface area contributed by atoms with E-state index >= 15 is 0 Å². The Labute approximate surface area is 88.6 Å². The Hall–Kier alpha value is -1.52. The zero-order chi connectivity index (χ0) is 11.0. The molecule has 1 fully saturated rings. The lowest BCUT2D eigenvalue weighted by Crippen LogP contribution is -2.38. The third-order valence-corrected chi connectivity index (χ3v) is 2.93. The third kappa shape index (κ3) is 1.58. The van der Waals surface area contributed by atoms with Crippen molar-refractivity contribution in [2.24, 2.45) is 0 Å². The quantitative estimate of drug-likeness (QED) is 0.707. The fourth-order valence-corrected chi connectivity index (χ4v) is 1.97. The molecule has 1 aromatic rings. The van der Waals surface area contributed by atoms with Crippen molar-refractivity contribution in [2.75, 3.05) is 12.3 Å². The van der Waals surface area contributed by atoms with E-state index in [-0.39, 0.29) is 11.9 Å². The van der Waals surface area contributed by atoms with Crippen molar-refractivity contribution in [1.29, 1.82) is 0 Å². The Bertz CT molecular complexity index is 396. The van der Waals surface area contributed by atoms with E-state index in [0.717, 1.165) is 30.8 Å². The van der Waals surface area contributed by atoms with Crippen molar-refractivity contribution in [3.05, 3.63) is 11.4 Å². The monoisotopic (exact) mass is 208 g/mol. The van der Waals surface area contributed by atoms with E-state index in [1.165, 1.54) is 0 Å². The molecule has 0 spiro atoms. The SMILES string of the molecule is Cc1nn(C2CCCNC2=O)c(C)c1N. The Morgan fingerprint density at radius 3 is 2.80 bits per heavy atom. The Morgan fingerprint density at radius 2 is 2.27 bits per heavy atom. The number of carbonyl (C=O) groups excluding carboxylic acids is 1. The molecular weight excluding hydrogens is 192 g/mol. The molecule has 3 N–H and O–H groups in total. The van der Waals surface area contributed by atoms with E-state index in [2.05, 4.69) is 10.4 Å². The minimum Gasteiger partial charge on any atom is -0.396 e. The topological polar surface area (TPSA) is 72.9 Å². The van der Waals surface area contributed by atoms with Gasteiger partial charge in [-0.25, -0.2) is 0 Å². The molecule has 0 radical (unpaired) electrons. The van der Waals surface area contributed by atoms with Crippen molar-refractivity contribution in [3.8, 4) is 0 Å². The summed E-state index contributed by atoms with van der Waals surface area (Å²) in [5.74, 6) is 0.0480. The smallest absolute Gasteiger partial charge is 0.244 e. The van der Waals surface area contributed by atoms with E-state index < -0.39 is 0 Å². The van der Waals surface area contributed by atoms with Crippen LogP contribution in [0.2, 0.25) is 0 Å². The van der Waals surface area contributed by atoms with E-state index in [4.69, 9.17) is 5.73 Å². The summed E-state index contributed by atoms with van der Waals surface area (Å²) < 4.78 is 1.75. The summed E-state index contributed by atoms with van der Waals surface area (Å²) >= 11 is 0. The lowest BCUT2D eigenvalue weighted by Gasteiger charge is -2.23. The third-order valence-electron chi connectivity index (χ3n) is 2.93. The maximum Gasteiger partial charge on any atom is 0.244 e. The van der Waals surface area contributed by atoms with Gasteiger partial charge in [-0.05, 0) is 26.7 Å². The van der Waals surface area contributed by atoms with E-state index in [1.807, 2.05) is 13.8 Å². The first kappa shape index (κ1) is 10.0. The number of nitrogens with one attached hydrogen (secondary N) is 1. The average molecular weight is 208 g/mol. The summed E-state index contributed by atoms with van der Waals surface area (Å²) in [7, 11) is 0. The molecule has 5 heteroatoms. The molecule has 1 aromatic heterocycles. The van der Waals surface area contributed by atoms with Crippen LogP contribution >= 0.6 is 0 Å². The predicted octanol–water partition coefficient (Wildman–Crippen LogP) is 0.533. The predicted molar refractivity (Wildman–Crippen MR) is 57.4 cm³/mol. The molecule has 1 amide bonds. The molecule has 1 saturated heterocycles. The fourth-order valence-electron chi connectivity index (χ4n) is 1.97. The van der Waals surface area contributed by atoms with Crippen LogP contribution in [-0.4, -0.2) is 22.2 Å². The van der Waals surface area contributed by atoms with Crippen molar-refractivity contribution < 1.29 is 4.79 Å². The maximum absolute atomic E-state index is 11.7. The molecule has 2 rings (SSSR count). The minimum atomic E-state index is -0.185. The van der Waals surface area contributed by atoms with Crippen LogP contribution in [0.5, 0.6) is 0 Å². The lowest BCUT2D eigenvalue weighted by atomic mass is 10.1. The number of anilines is 1. The number of hydrogen-bond acceptors (Lipinski definition) is 3. The van der Waals surface area contributed by atoms with Gasteiger partial charge < -0.3 is 11.1 Å². The van der Waals surface area contributed by atoms with Crippen LogP contribution in [-0.2, 0) is 4.79 Å². The number of carbonyl (C=O) groups is 1. The first-order valence-electron chi connectivity index (χ1n) is 5.20. The molecule has 1 aliphatic rings. The first-order valence-corrected chi connectivity index (χ1v) is 5.20. The maximum atomic E-state index is 11.7. The summed E-state index contributed by atoms with van der Waals surface area (Å²) in [6, 6.07) is -0.185. The molecular formula is C10H16N4O. The molecule has 1 unspecified atom stereocenters. The van der Waals surface area contributed by atoms with Crippen molar-refractivity contribution in [3.63, 3.8) is 0 Å². The van der Waals surface area contributed by atoms with Gasteiger partial charge in [0.05, 0.1) is 17.1 Å². The normalized spacial score (nSPS) is 21.5. The highest BCUT2D eigenvalue weighted by Gasteiger charge is 2.26. The van der Waals surface area contributed by atoms with Gasteiger partial charge in [-0.15, -0.1) is 0 Å². The Kier molecular flexibility index (Phi) is 2.38. The van der Waals surface area contributed by atoms with Crippen LogP contribution < -0.4 is 11.1 Å². The van der Waals surface area contributed by atoms with Crippen LogP contribution in [0.1, 0.15) is 30.3 Å². The first-order chi connectivity index (χ1) is 7.11. The number of nitrogens with zero attached hydrogens (tertiary/aromatic N) is 2. The van der Waals surface area contributed by atoms with Crippen LogP contribution in [0, 0.1) is 13.8 Å². The summed E-state index contributed by atoms with van der Waals surface area (Å²) in [4.78, 5) is 11.7. The van der Waals surface area contributed by atoms with Gasteiger partial charge in [-0.1, -0.05) is 0 Å². The van der Waals surface area contributed by atoms with Gasteiger partial charge in [0.15, 0.2) is 0 Å². The molecule has 0 saturated carbocycles. The number of nitrogens with two attached hydrogens (primary N) is 1. The Balaban J connectivity index is 2.35. The second-order valence-electron chi connectivity index (χ2n) is 3.98. The number of hydrogen-bond donors (Lipinski definition) is 2. The zero-order valence-corrected chi connectivity index (χ0v) is 9.08. The molecule has 1 atom stereocenters. The Morgan fingerprint density at radius 1 is 1.53 bits per heavy atom. The lowest BCUT2D eigenvalue weighted by molar-refractivity contribution is -0.126. The molecule has 1 aliphatic heterocycles. The van der Waals surface area contributed by atoms with Crippen molar-refractivity contribution in [1.82, 2.24) is 15.1 Å². The van der Waals surface area contributed by atoms with Crippen LogP contribution in [0.4, 0.5) is 5.69 Å². The summed E-state index contributed by atoms with van der Waals surface area (Å²) in [6.45, 7) is 4.53. The highest BCUT2D eigenvalue weighted by atomic mass is 16.2. The second-order valence-corrected chi connectivity index (χ2v) is 3.98. The molecule has 82 valence electrons. The molecule has 0 aliphatic carbocycles. The summed E-state index contributed by atoms with van der Waals surface area (Å²) in [5.41, 5.74) is 8.21. The van der Waals surface area contributed by atoms with Gasteiger partial charge in [0.2, 0.25) is 5.91 Å². The van der Waals surface area contributed by atoms with E-state index in [0.29, 0.717) is 5.69 Å². The van der Waals surface area contributed by atoms with Gasteiger partial charge in [-0.3, -0.25) is 9.48 Å². The standard InChI is InChI=1S/C10H16N4O/c1-6-9(11)7(2)14(13-6)8-4-3-5-12-10(8)15/h8H,3-5,11H2,1-2H3,(H,12,15). The number of aryl methyl sites for hydroxylation is 1. The minimum absolute atomic E-state index is 0.0480. The van der Waals surface area contributed by atoms with Crippen LogP contribution in [0.3, 0.4) is 0 Å². The van der Waals surface area contributed by atoms with E-state index in [1.54, 1.807) is 4.68 Å². The average Bonchev–Trinajstić information content (AvgIpc) is 2.47. The fraction of sp³-hybridized carbons (Fsp3) is 0.600. The summed E-state index contributed by atoms with van der Waals surface area (Å²) in [5, 5.41) is 7.16. The van der Waals surface area contributed by atoms with Gasteiger partial charge in [0.25, 0.3) is 0 Å². The highest BCUT2D eigenvalue weighted by molar-refractivity contribution is 5.81. The van der Waals surface area contributed by atoms with Gasteiger partial charge in [0, 0.05) is 6.54 Å². The summed E-state index contributed by atoms with van der Waals surface area (Å²) in [6.07, 6.45) is 1.84. The van der Waals surface area contributed by atoms with Crippen LogP contribution in [0.25, 0.3) is 0 Å². The van der Waals surface area contributed by atoms with Crippen LogP contribution in [0.15, 0.2) is 0 Å². The number of piperidine rings is 1. The molecule has 15 heavy (non-hydrogen) atoms. The van der Waals surface area contributed by atoms with Crippen molar-refractivity contribution in [2.45, 2.75) is 32.7 Å². The number of amides is 1. The highest BCUT2D eigenvalue weighted by Crippen LogP contribution is 2.23. The van der Waals surface area contributed by atoms with Gasteiger partial charge >= 0.3 is 0 Å². The van der Waals surface area contributed by atoms with Gasteiger partial charge in [0.1, 0.15) is 6.04 Å². The zero-order valence-electron chi connectivity index (χ0n) is 9.08. The number of nitrogen functional groups attached to an aromatic ring is 1.